The minimum Gasteiger partial charge on any atom is -0.478 e. The first-order chi connectivity index (χ1) is 7.63. The van der Waals surface area contributed by atoms with Gasteiger partial charge in [-0.25, -0.2) is 9.78 Å². The van der Waals surface area contributed by atoms with Crippen molar-refractivity contribution in [1.82, 2.24) is 9.55 Å². The molecule has 1 N–H and O–H groups in total. The van der Waals surface area contributed by atoms with E-state index in [9.17, 15) is 4.79 Å². The Balaban J connectivity index is 2.66. The zero-order chi connectivity index (χ0) is 11.7. The molecule has 0 bridgehead atoms. The van der Waals surface area contributed by atoms with Gasteiger partial charge in [-0.05, 0) is 25.1 Å². The van der Waals surface area contributed by atoms with Gasteiger partial charge in [0, 0.05) is 0 Å². The Morgan fingerprint density at radius 1 is 1.62 bits per heavy atom. The maximum atomic E-state index is 10.8. The molecule has 2 rings (SSSR count). The monoisotopic (exact) mass is 214 g/mol. The van der Waals surface area contributed by atoms with Crippen LogP contribution in [0.2, 0.25) is 0 Å². The molecule has 2 aromatic rings. The minimum atomic E-state index is -0.953. The fourth-order valence-corrected chi connectivity index (χ4v) is 1.67. The lowest BCUT2D eigenvalue weighted by molar-refractivity contribution is 0.0697. The molecular weight excluding hydrogens is 204 g/mol. The first-order valence-electron chi connectivity index (χ1n) is 4.77. The van der Waals surface area contributed by atoms with E-state index < -0.39 is 5.97 Å². The van der Waals surface area contributed by atoms with Gasteiger partial charge in [0.05, 0.1) is 23.1 Å². The van der Waals surface area contributed by atoms with Crippen LogP contribution in [0, 0.1) is 19.3 Å². The second-order valence-corrected chi connectivity index (χ2v) is 3.46. The van der Waals surface area contributed by atoms with Gasteiger partial charge in [0.1, 0.15) is 5.82 Å². The average Bonchev–Trinajstić information content (AvgIpc) is 2.55. The van der Waals surface area contributed by atoms with Crippen molar-refractivity contribution in [2.24, 2.45) is 0 Å². The molecule has 4 nitrogen and oxygen atoms in total. The quantitative estimate of drug-likeness (QED) is 0.774. The molecule has 80 valence electrons. The maximum absolute atomic E-state index is 10.8. The minimum absolute atomic E-state index is 0.234. The molecule has 1 aromatic heterocycles. The van der Waals surface area contributed by atoms with Crippen molar-refractivity contribution in [2.45, 2.75) is 13.5 Å². The summed E-state index contributed by atoms with van der Waals surface area (Å²) in [5.74, 6) is 2.38. The number of carboxylic acids is 1. The number of hydrogen-bond donors (Lipinski definition) is 1. The highest BCUT2D eigenvalue weighted by Crippen LogP contribution is 2.17. The molecule has 0 amide bonds. The molecule has 0 spiro atoms. The molecule has 16 heavy (non-hydrogen) atoms. The molecule has 0 fully saturated rings. The van der Waals surface area contributed by atoms with Crippen molar-refractivity contribution in [1.29, 1.82) is 0 Å². The average molecular weight is 214 g/mol. The van der Waals surface area contributed by atoms with E-state index in [0.717, 1.165) is 11.3 Å². The summed E-state index contributed by atoms with van der Waals surface area (Å²) < 4.78 is 1.88. The first-order valence-corrected chi connectivity index (χ1v) is 4.77. The number of terminal acetylenes is 1. The van der Waals surface area contributed by atoms with Crippen molar-refractivity contribution in [3.63, 3.8) is 0 Å². The number of rotatable bonds is 2. The SMILES string of the molecule is C#CCn1c(C)nc2cc(C(=O)O)ccc21. The van der Waals surface area contributed by atoms with Gasteiger partial charge >= 0.3 is 5.97 Å². The first kappa shape index (κ1) is 10.2. The highest BCUT2D eigenvalue weighted by Gasteiger charge is 2.09. The topological polar surface area (TPSA) is 55.1 Å². The van der Waals surface area contributed by atoms with Gasteiger partial charge in [0.15, 0.2) is 0 Å². The summed E-state index contributed by atoms with van der Waals surface area (Å²) in [5.41, 5.74) is 1.76. The maximum Gasteiger partial charge on any atom is 0.335 e. The van der Waals surface area contributed by atoms with E-state index in [-0.39, 0.29) is 5.56 Å². The molecule has 0 saturated carbocycles. The lowest BCUT2D eigenvalue weighted by Gasteiger charge is -2.00. The van der Waals surface area contributed by atoms with E-state index in [2.05, 4.69) is 10.9 Å². The molecule has 0 aliphatic carbocycles. The molecular formula is C12H10N2O2. The molecule has 0 radical (unpaired) electrons. The predicted octanol–water partition coefficient (Wildman–Crippen LogP) is 1.68. The van der Waals surface area contributed by atoms with Crippen LogP contribution in [0.15, 0.2) is 18.2 Å². The largest absolute Gasteiger partial charge is 0.478 e. The number of imidazole rings is 1. The fraction of sp³-hybridized carbons (Fsp3) is 0.167. The summed E-state index contributed by atoms with van der Waals surface area (Å²) in [5, 5.41) is 8.86. The molecule has 1 heterocycles. The summed E-state index contributed by atoms with van der Waals surface area (Å²) in [6, 6.07) is 4.84. The fourth-order valence-electron chi connectivity index (χ4n) is 1.67. The van der Waals surface area contributed by atoms with Gasteiger partial charge in [0.2, 0.25) is 0 Å². The Labute approximate surface area is 92.5 Å². The number of aryl methyl sites for hydroxylation is 1. The third kappa shape index (κ3) is 1.52. The van der Waals surface area contributed by atoms with E-state index in [4.69, 9.17) is 11.5 Å². The molecule has 0 aliphatic rings. The lowest BCUT2D eigenvalue weighted by Crippen LogP contribution is -1.98. The molecule has 0 aliphatic heterocycles. The van der Waals surface area contributed by atoms with Gasteiger partial charge in [-0.15, -0.1) is 6.42 Å². The van der Waals surface area contributed by atoms with E-state index in [1.54, 1.807) is 18.2 Å². The van der Waals surface area contributed by atoms with Crippen molar-refractivity contribution >= 4 is 17.0 Å². The third-order valence-electron chi connectivity index (χ3n) is 2.44. The Kier molecular flexibility index (Phi) is 2.37. The zero-order valence-electron chi connectivity index (χ0n) is 8.77. The number of aromatic carboxylic acids is 1. The van der Waals surface area contributed by atoms with Crippen LogP contribution in [0.3, 0.4) is 0 Å². The van der Waals surface area contributed by atoms with Gasteiger partial charge in [-0.2, -0.15) is 0 Å². The van der Waals surface area contributed by atoms with Crippen molar-refractivity contribution < 1.29 is 9.90 Å². The number of hydrogen-bond acceptors (Lipinski definition) is 2. The van der Waals surface area contributed by atoms with E-state index in [1.165, 1.54) is 0 Å². The number of nitrogens with zero attached hydrogens (tertiary/aromatic N) is 2. The summed E-state index contributed by atoms with van der Waals surface area (Å²) in [4.78, 5) is 15.1. The standard InChI is InChI=1S/C12H10N2O2/c1-3-6-14-8(2)13-10-7-9(12(15)16)4-5-11(10)14/h1,4-5,7H,6H2,2H3,(H,15,16). The Hall–Kier alpha value is -2.28. The summed E-state index contributed by atoms with van der Waals surface area (Å²) in [6.07, 6.45) is 5.27. The van der Waals surface area contributed by atoms with Crippen LogP contribution in [0.1, 0.15) is 16.2 Å². The number of fused-ring (bicyclic) bond motifs is 1. The van der Waals surface area contributed by atoms with Gasteiger partial charge in [-0.1, -0.05) is 5.92 Å². The second-order valence-electron chi connectivity index (χ2n) is 3.46. The zero-order valence-corrected chi connectivity index (χ0v) is 8.77. The summed E-state index contributed by atoms with van der Waals surface area (Å²) in [7, 11) is 0. The van der Waals surface area contributed by atoms with Crippen LogP contribution in [0.25, 0.3) is 11.0 Å². The Morgan fingerprint density at radius 2 is 2.38 bits per heavy atom. The van der Waals surface area contributed by atoms with Crippen LogP contribution in [0.5, 0.6) is 0 Å². The third-order valence-corrected chi connectivity index (χ3v) is 2.44. The van der Waals surface area contributed by atoms with E-state index >= 15 is 0 Å². The predicted molar refractivity (Wildman–Crippen MR) is 60.3 cm³/mol. The summed E-state index contributed by atoms with van der Waals surface area (Å²) >= 11 is 0. The van der Waals surface area contributed by atoms with Crippen LogP contribution in [0.4, 0.5) is 0 Å². The second kappa shape index (κ2) is 3.70. The van der Waals surface area contributed by atoms with Crippen molar-refractivity contribution in [3.8, 4) is 12.3 Å². The number of aromatic nitrogens is 2. The number of carboxylic acid groups (broad SMARTS) is 1. The van der Waals surface area contributed by atoms with Crippen LogP contribution >= 0.6 is 0 Å². The van der Waals surface area contributed by atoms with Crippen LogP contribution in [-0.4, -0.2) is 20.6 Å². The number of carbonyl (C=O) groups is 1. The molecule has 0 saturated heterocycles. The smallest absolute Gasteiger partial charge is 0.335 e. The van der Waals surface area contributed by atoms with Crippen LogP contribution in [-0.2, 0) is 6.54 Å². The van der Waals surface area contributed by atoms with E-state index in [1.807, 2.05) is 11.5 Å². The molecule has 4 heteroatoms. The summed E-state index contributed by atoms with van der Waals surface area (Å²) in [6.45, 7) is 2.28. The molecule has 1 aromatic carbocycles. The van der Waals surface area contributed by atoms with Gasteiger partial charge in [-0.3, -0.25) is 0 Å². The van der Waals surface area contributed by atoms with Gasteiger partial charge in [0.25, 0.3) is 0 Å². The van der Waals surface area contributed by atoms with Crippen LogP contribution < -0.4 is 0 Å². The lowest BCUT2D eigenvalue weighted by atomic mass is 10.2. The number of benzene rings is 1. The highest BCUT2D eigenvalue weighted by molar-refractivity contribution is 5.92. The normalized spacial score (nSPS) is 10.2. The Morgan fingerprint density at radius 3 is 3.00 bits per heavy atom. The molecule has 0 unspecified atom stereocenters. The molecule has 0 atom stereocenters. The highest BCUT2D eigenvalue weighted by atomic mass is 16.4. The Bertz CT molecular complexity index is 605. The van der Waals surface area contributed by atoms with E-state index in [0.29, 0.717) is 12.1 Å². The van der Waals surface area contributed by atoms with Crippen molar-refractivity contribution in [2.75, 3.05) is 0 Å². The van der Waals surface area contributed by atoms with Gasteiger partial charge < -0.3 is 9.67 Å². The van der Waals surface area contributed by atoms with Crippen molar-refractivity contribution in [3.05, 3.63) is 29.6 Å².